The van der Waals surface area contributed by atoms with Crippen molar-refractivity contribution in [2.45, 2.75) is 26.2 Å². The molecule has 0 unspecified atom stereocenters. The Morgan fingerprint density at radius 2 is 0.759 bits per heavy atom. The molecule has 5 heteroatoms. The molecule has 8 aromatic rings. The van der Waals surface area contributed by atoms with Gasteiger partial charge in [-0.15, -0.1) is 0 Å². The number of fused-ring (bicyclic) bond motifs is 6. The molecule has 0 spiro atoms. The first-order valence-corrected chi connectivity index (χ1v) is 26.2. The Kier molecular flexibility index (Phi) is 7.41. The molecule has 10 rings (SSSR count). The van der Waals surface area contributed by atoms with Crippen molar-refractivity contribution in [3.8, 4) is 78.7 Å². The fraction of sp³-hybridized carbons (Fsp3) is 0.0816. The molecule has 0 saturated carbocycles. The monoisotopic (exact) mass is 727 g/mol. The molecule has 54 heavy (non-hydrogen) atoms. The maximum absolute atomic E-state index is 5.54. The number of hydrogen-bond donors (Lipinski definition) is 0. The van der Waals surface area contributed by atoms with Crippen molar-refractivity contribution in [1.82, 2.24) is 15.0 Å². The molecular weight excluding hydrogens is 687 g/mol. The first-order valence-electron chi connectivity index (χ1n) is 19.3. The first kappa shape index (κ1) is 32.6. The molecule has 7 aromatic carbocycles. The van der Waals surface area contributed by atoms with Crippen molar-refractivity contribution < 1.29 is 0 Å². The summed E-state index contributed by atoms with van der Waals surface area (Å²) in [6, 6.07) is 59.5. The summed E-state index contributed by atoms with van der Waals surface area (Å²) in [4.78, 5) is 16.3. The Balaban J connectivity index is 1.23. The van der Waals surface area contributed by atoms with Crippen LogP contribution in [0.5, 0.6) is 0 Å². The second-order valence-corrected chi connectivity index (χ2v) is 26.2. The van der Waals surface area contributed by atoms with E-state index in [-0.39, 0.29) is 0 Å². The zero-order valence-electron chi connectivity index (χ0n) is 31.1. The van der Waals surface area contributed by atoms with Gasteiger partial charge in [0.25, 0.3) is 0 Å². The third-order valence-electron chi connectivity index (χ3n) is 12.2. The Labute approximate surface area is 319 Å². The van der Waals surface area contributed by atoms with Crippen LogP contribution in [0, 0.1) is 0 Å². The van der Waals surface area contributed by atoms with Crippen LogP contribution in [0.3, 0.4) is 0 Å². The SMILES string of the molecule is C[SiH-]1(C)c2ccc(-c3ccccc3)cc2-c2cccc(-c3nc(-c4ccccc4)nc(-c4cc(-c5ccccc5)cc5c4[SiH-](C)(C)c4ccccc4-5)n3)c21. The third-order valence-corrected chi connectivity index (χ3v) is 20.5. The van der Waals surface area contributed by atoms with Crippen molar-refractivity contribution in [2.24, 2.45) is 0 Å². The van der Waals surface area contributed by atoms with Gasteiger partial charge < -0.3 is 0 Å². The maximum atomic E-state index is 5.54. The van der Waals surface area contributed by atoms with E-state index in [1.54, 1.807) is 0 Å². The summed E-state index contributed by atoms with van der Waals surface area (Å²) in [5.41, 5.74) is 13.4. The standard InChI is InChI=1S/C49H41N3Si2/c1-53(2)43-26-15-14-23-37(43)41-30-36(33-19-10-6-11-20-33)31-42(46(41)53)49-51-47(34-21-12-7-13-22-34)50-48(52-49)39-25-16-24-38-40-29-35(32-17-8-5-9-18-32)27-28-44(40)54(3,4)45(38)39/h5-31,53-54H,1-4H3/q-2. The third kappa shape index (κ3) is 5.03. The van der Waals surface area contributed by atoms with Crippen LogP contribution < -0.4 is 20.7 Å². The van der Waals surface area contributed by atoms with Gasteiger partial charge >= 0.3 is 320 Å². The average Bonchev–Trinajstić information content (AvgIpc) is 3.60. The van der Waals surface area contributed by atoms with Gasteiger partial charge in [0, 0.05) is 0 Å². The van der Waals surface area contributed by atoms with Gasteiger partial charge in [-0.3, -0.25) is 0 Å². The average molecular weight is 728 g/mol. The number of aromatic nitrogens is 3. The second kappa shape index (κ2) is 12.3. The fourth-order valence-electron chi connectivity index (χ4n) is 9.65. The van der Waals surface area contributed by atoms with Gasteiger partial charge in [-0.05, 0) is 0 Å². The van der Waals surface area contributed by atoms with Crippen molar-refractivity contribution in [1.29, 1.82) is 0 Å². The summed E-state index contributed by atoms with van der Waals surface area (Å²) in [6.45, 7) is 10.0. The Morgan fingerprint density at radius 1 is 0.296 bits per heavy atom. The normalized spacial score (nSPS) is 15.4. The van der Waals surface area contributed by atoms with E-state index in [2.05, 4.69) is 190 Å². The number of nitrogens with zero attached hydrogens (tertiary/aromatic N) is 3. The summed E-state index contributed by atoms with van der Waals surface area (Å²) in [6.07, 6.45) is 0. The van der Waals surface area contributed by atoms with Gasteiger partial charge in [0.05, 0.1) is 0 Å². The van der Waals surface area contributed by atoms with E-state index < -0.39 is 16.1 Å². The first-order chi connectivity index (χ1) is 26.3. The van der Waals surface area contributed by atoms with Gasteiger partial charge in [0.1, 0.15) is 0 Å². The second-order valence-electron chi connectivity index (χ2n) is 16.3. The molecule has 2 aliphatic heterocycles. The number of benzene rings is 7. The molecule has 1 aromatic heterocycles. The molecule has 3 heterocycles. The molecule has 0 atom stereocenters. The summed E-state index contributed by atoms with van der Waals surface area (Å²) in [5, 5.41) is 5.83. The molecule has 2 aliphatic rings. The molecule has 0 fully saturated rings. The predicted octanol–water partition coefficient (Wildman–Crippen LogP) is 9.28. The zero-order chi connectivity index (χ0) is 36.6. The van der Waals surface area contributed by atoms with Crippen molar-refractivity contribution in [3.05, 3.63) is 164 Å². The van der Waals surface area contributed by atoms with Crippen LogP contribution in [0.15, 0.2) is 164 Å². The van der Waals surface area contributed by atoms with E-state index in [4.69, 9.17) is 15.0 Å². The van der Waals surface area contributed by atoms with E-state index in [0.717, 1.165) is 28.3 Å². The summed E-state index contributed by atoms with van der Waals surface area (Å²) in [5.74, 6) is 2.20. The molecule has 0 bridgehead atoms. The van der Waals surface area contributed by atoms with E-state index in [1.807, 2.05) is 0 Å². The minimum atomic E-state index is -2.53. The molecular formula is C49H41N3Si2-2. The van der Waals surface area contributed by atoms with Crippen molar-refractivity contribution in [2.75, 3.05) is 0 Å². The van der Waals surface area contributed by atoms with Gasteiger partial charge in [-0.2, -0.15) is 0 Å². The Bertz CT molecular complexity index is 2760. The Morgan fingerprint density at radius 3 is 1.44 bits per heavy atom. The zero-order valence-corrected chi connectivity index (χ0v) is 33.4. The van der Waals surface area contributed by atoms with Crippen LogP contribution in [0.25, 0.3) is 78.7 Å². The number of rotatable bonds is 5. The summed E-state index contributed by atoms with van der Waals surface area (Å²) >= 11 is 0. The quantitative estimate of drug-likeness (QED) is 0.166. The van der Waals surface area contributed by atoms with Crippen molar-refractivity contribution >= 4 is 36.9 Å². The van der Waals surface area contributed by atoms with Gasteiger partial charge in [-0.25, -0.2) is 0 Å². The molecule has 262 valence electrons. The van der Waals surface area contributed by atoms with Gasteiger partial charge in [0.2, 0.25) is 0 Å². The van der Waals surface area contributed by atoms with E-state index in [9.17, 15) is 0 Å². The van der Waals surface area contributed by atoms with Crippen LogP contribution in [-0.2, 0) is 0 Å². The molecule has 3 nitrogen and oxygen atoms in total. The van der Waals surface area contributed by atoms with E-state index >= 15 is 0 Å². The number of hydrogen-bond acceptors (Lipinski definition) is 3. The van der Waals surface area contributed by atoms with Crippen LogP contribution in [0.1, 0.15) is 0 Å². The summed E-state index contributed by atoms with van der Waals surface area (Å²) < 4.78 is 0. The van der Waals surface area contributed by atoms with Crippen LogP contribution in [-0.4, -0.2) is 31.1 Å². The Hall–Kier alpha value is -6.02. The topological polar surface area (TPSA) is 38.7 Å². The van der Waals surface area contributed by atoms with Gasteiger partial charge in [0.15, 0.2) is 0 Å². The summed E-state index contributed by atoms with van der Waals surface area (Å²) in [7, 11) is -5.04. The van der Waals surface area contributed by atoms with Crippen LogP contribution >= 0.6 is 0 Å². The van der Waals surface area contributed by atoms with E-state index in [0.29, 0.717) is 5.82 Å². The molecule has 0 saturated heterocycles. The van der Waals surface area contributed by atoms with Gasteiger partial charge in [-0.1, -0.05) is 0 Å². The molecule has 0 aliphatic carbocycles. The minimum absolute atomic E-state index is 0.704. The predicted molar refractivity (Wildman–Crippen MR) is 234 cm³/mol. The van der Waals surface area contributed by atoms with Crippen molar-refractivity contribution in [3.63, 3.8) is 0 Å². The van der Waals surface area contributed by atoms with E-state index in [1.165, 1.54) is 65.3 Å². The molecule has 0 radical (unpaired) electrons. The van der Waals surface area contributed by atoms with Crippen LogP contribution in [0.2, 0.25) is 26.2 Å². The fourth-order valence-corrected chi connectivity index (χ4v) is 17.5. The molecule has 0 amide bonds. The molecule has 0 N–H and O–H groups in total. The van der Waals surface area contributed by atoms with Crippen LogP contribution in [0.4, 0.5) is 0 Å².